The van der Waals surface area contributed by atoms with E-state index >= 15 is 0 Å². The third kappa shape index (κ3) is 3.11. The molecule has 0 spiro atoms. The fourth-order valence-electron chi connectivity index (χ4n) is 1.66. The Morgan fingerprint density at radius 3 is 2.89 bits per heavy atom. The van der Waals surface area contributed by atoms with Gasteiger partial charge in [-0.25, -0.2) is 4.98 Å². The molecular formula is C12H14BrN5O. The first-order valence-electron chi connectivity index (χ1n) is 5.65. The summed E-state index contributed by atoms with van der Waals surface area (Å²) in [5.41, 5.74) is 7.71. The van der Waals surface area contributed by atoms with Crippen LogP contribution in [0.25, 0.3) is 0 Å². The first-order valence-corrected chi connectivity index (χ1v) is 6.45. The van der Waals surface area contributed by atoms with Crippen LogP contribution in [0, 0.1) is 6.92 Å². The number of rotatable bonds is 3. The maximum Gasteiger partial charge on any atom is 0.252 e. The molecule has 1 heterocycles. The number of nitrogens with zero attached hydrogens (tertiary/aromatic N) is 3. The van der Waals surface area contributed by atoms with Crippen LogP contribution in [0.2, 0.25) is 0 Å². The monoisotopic (exact) mass is 323 g/mol. The van der Waals surface area contributed by atoms with Crippen LogP contribution < -0.4 is 11.1 Å². The number of aryl methyl sites for hydroxylation is 1. The average Bonchev–Trinajstić information content (AvgIpc) is 2.76. The summed E-state index contributed by atoms with van der Waals surface area (Å²) in [5.74, 6) is 0.370. The minimum absolute atomic E-state index is 0.196. The van der Waals surface area contributed by atoms with Gasteiger partial charge in [0.15, 0.2) is 5.82 Å². The van der Waals surface area contributed by atoms with Crippen molar-refractivity contribution in [2.75, 3.05) is 5.73 Å². The maximum atomic E-state index is 12.1. The first kappa shape index (κ1) is 13.5. The summed E-state index contributed by atoms with van der Waals surface area (Å²) in [6.45, 7) is 2.10. The Morgan fingerprint density at radius 1 is 1.53 bits per heavy atom. The molecule has 0 radical (unpaired) electrons. The van der Waals surface area contributed by atoms with E-state index in [0.29, 0.717) is 17.1 Å². The van der Waals surface area contributed by atoms with Crippen LogP contribution in [0.1, 0.15) is 21.7 Å². The molecule has 7 heteroatoms. The van der Waals surface area contributed by atoms with Gasteiger partial charge in [-0.05, 0) is 24.6 Å². The number of carbonyl (C=O) groups is 1. The molecule has 0 unspecified atom stereocenters. The molecule has 100 valence electrons. The summed E-state index contributed by atoms with van der Waals surface area (Å²) in [5, 5.41) is 6.86. The zero-order valence-corrected chi connectivity index (χ0v) is 12.2. The topological polar surface area (TPSA) is 85.8 Å². The van der Waals surface area contributed by atoms with Gasteiger partial charge in [0.05, 0.1) is 6.54 Å². The zero-order chi connectivity index (χ0) is 14.0. The number of benzene rings is 1. The van der Waals surface area contributed by atoms with E-state index in [-0.39, 0.29) is 12.5 Å². The standard InChI is InChI=1S/C12H14BrN5O/c1-7-9(3-8(13)4-10(7)14)12(19)15-5-11-16-6-18(2)17-11/h3-4,6H,5,14H2,1-2H3,(H,15,19). The van der Waals surface area contributed by atoms with E-state index in [0.717, 1.165) is 10.0 Å². The van der Waals surface area contributed by atoms with Crippen LogP contribution >= 0.6 is 15.9 Å². The minimum atomic E-state index is -0.196. The number of aromatic nitrogens is 3. The van der Waals surface area contributed by atoms with E-state index in [4.69, 9.17) is 5.73 Å². The number of halogens is 1. The van der Waals surface area contributed by atoms with E-state index in [1.807, 2.05) is 6.92 Å². The fraction of sp³-hybridized carbons (Fsp3) is 0.250. The van der Waals surface area contributed by atoms with Crippen LogP contribution in [0.4, 0.5) is 5.69 Å². The minimum Gasteiger partial charge on any atom is -0.398 e. The van der Waals surface area contributed by atoms with E-state index < -0.39 is 0 Å². The highest BCUT2D eigenvalue weighted by molar-refractivity contribution is 9.10. The molecule has 0 saturated heterocycles. The molecule has 0 aliphatic rings. The molecule has 0 bridgehead atoms. The predicted molar refractivity (Wildman–Crippen MR) is 75.5 cm³/mol. The molecule has 1 amide bonds. The van der Waals surface area contributed by atoms with Crippen LogP contribution in [-0.4, -0.2) is 20.7 Å². The lowest BCUT2D eigenvalue weighted by molar-refractivity contribution is 0.0949. The summed E-state index contributed by atoms with van der Waals surface area (Å²) in [7, 11) is 1.78. The molecule has 0 fully saturated rings. The SMILES string of the molecule is Cc1c(N)cc(Br)cc1C(=O)NCc1ncn(C)n1. The lowest BCUT2D eigenvalue weighted by atomic mass is 10.1. The van der Waals surface area contributed by atoms with Crippen molar-refractivity contribution >= 4 is 27.5 Å². The van der Waals surface area contributed by atoms with Gasteiger partial charge in [-0.15, -0.1) is 0 Å². The highest BCUT2D eigenvalue weighted by Gasteiger charge is 2.12. The molecule has 1 aromatic carbocycles. The Morgan fingerprint density at radius 2 is 2.26 bits per heavy atom. The van der Waals surface area contributed by atoms with Crippen LogP contribution in [0.5, 0.6) is 0 Å². The largest absolute Gasteiger partial charge is 0.398 e. The van der Waals surface area contributed by atoms with Gasteiger partial charge >= 0.3 is 0 Å². The van der Waals surface area contributed by atoms with Gasteiger partial charge in [-0.3, -0.25) is 9.48 Å². The molecular weight excluding hydrogens is 310 g/mol. The number of carbonyl (C=O) groups excluding carboxylic acids is 1. The molecule has 1 aromatic heterocycles. The van der Waals surface area contributed by atoms with Crippen molar-refractivity contribution in [3.05, 3.63) is 39.9 Å². The van der Waals surface area contributed by atoms with Crippen LogP contribution in [0.3, 0.4) is 0 Å². The Labute approximate surface area is 119 Å². The summed E-state index contributed by atoms with van der Waals surface area (Å²) >= 11 is 3.33. The molecule has 0 aliphatic heterocycles. The van der Waals surface area contributed by atoms with Crippen molar-refractivity contribution in [2.45, 2.75) is 13.5 Å². The average molecular weight is 324 g/mol. The molecule has 3 N–H and O–H groups in total. The number of amides is 1. The Balaban J connectivity index is 2.12. The fourth-order valence-corrected chi connectivity index (χ4v) is 2.13. The number of nitrogens with two attached hydrogens (primary N) is 1. The number of hydrogen-bond acceptors (Lipinski definition) is 4. The number of hydrogen-bond donors (Lipinski definition) is 2. The normalized spacial score (nSPS) is 10.5. The molecule has 0 saturated carbocycles. The Kier molecular flexibility index (Phi) is 3.84. The van der Waals surface area contributed by atoms with Gasteiger partial charge in [0.25, 0.3) is 5.91 Å². The summed E-state index contributed by atoms with van der Waals surface area (Å²) < 4.78 is 2.36. The number of nitrogen functional groups attached to an aromatic ring is 1. The van der Waals surface area contributed by atoms with Gasteiger partial charge in [0, 0.05) is 22.8 Å². The molecule has 2 aromatic rings. The number of anilines is 1. The van der Waals surface area contributed by atoms with Crippen LogP contribution in [0.15, 0.2) is 22.9 Å². The summed E-state index contributed by atoms with van der Waals surface area (Å²) in [6.07, 6.45) is 1.59. The lowest BCUT2D eigenvalue weighted by Gasteiger charge is -2.09. The predicted octanol–water partition coefficient (Wildman–Crippen LogP) is 1.40. The van der Waals surface area contributed by atoms with Crippen molar-refractivity contribution in [3.8, 4) is 0 Å². The quantitative estimate of drug-likeness (QED) is 0.836. The number of nitrogens with one attached hydrogen (secondary N) is 1. The van der Waals surface area contributed by atoms with Crippen molar-refractivity contribution in [1.29, 1.82) is 0 Å². The first-order chi connectivity index (χ1) is 8.97. The third-order valence-corrected chi connectivity index (χ3v) is 3.17. The van der Waals surface area contributed by atoms with Gasteiger partial charge in [0.2, 0.25) is 0 Å². The van der Waals surface area contributed by atoms with Crippen molar-refractivity contribution in [1.82, 2.24) is 20.1 Å². The molecule has 6 nitrogen and oxygen atoms in total. The van der Waals surface area contributed by atoms with Gasteiger partial charge in [-0.1, -0.05) is 15.9 Å². The van der Waals surface area contributed by atoms with Gasteiger partial charge in [0.1, 0.15) is 6.33 Å². The second kappa shape index (κ2) is 5.40. The van der Waals surface area contributed by atoms with Crippen LogP contribution in [-0.2, 0) is 13.6 Å². The van der Waals surface area contributed by atoms with E-state index in [1.54, 1.807) is 30.2 Å². The molecule has 0 aliphatic carbocycles. The van der Waals surface area contributed by atoms with E-state index in [9.17, 15) is 4.79 Å². The van der Waals surface area contributed by atoms with Crippen molar-refractivity contribution < 1.29 is 4.79 Å². The van der Waals surface area contributed by atoms with Gasteiger partial charge in [-0.2, -0.15) is 5.10 Å². The lowest BCUT2D eigenvalue weighted by Crippen LogP contribution is -2.24. The second-order valence-electron chi connectivity index (χ2n) is 4.18. The Hall–Kier alpha value is -1.89. The molecule has 0 atom stereocenters. The van der Waals surface area contributed by atoms with E-state index in [1.165, 1.54) is 0 Å². The van der Waals surface area contributed by atoms with Crippen molar-refractivity contribution in [3.63, 3.8) is 0 Å². The molecule has 2 rings (SSSR count). The zero-order valence-electron chi connectivity index (χ0n) is 10.6. The summed E-state index contributed by atoms with van der Waals surface area (Å²) in [4.78, 5) is 16.1. The second-order valence-corrected chi connectivity index (χ2v) is 5.10. The van der Waals surface area contributed by atoms with Gasteiger partial charge < -0.3 is 11.1 Å². The molecule has 19 heavy (non-hydrogen) atoms. The highest BCUT2D eigenvalue weighted by Crippen LogP contribution is 2.22. The highest BCUT2D eigenvalue weighted by atomic mass is 79.9. The van der Waals surface area contributed by atoms with Crippen molar-refractivity contribution in [2.24, 2.45) is 7.05 Å². The smallest absolute Gasteiger partial charge is 0.252 e. The maximum absolute atomic E-state index is 12.1. The van der Waals surface area contributed by atoms with E-state index in [2.05, 4.69) is 31.3 Å². The summed E-state index contributed by atoms with van der Waals surface area (Å²) in [6, 6.07) is 3.51. The third-order valence-electron chi connectivity index (χ3n) is 2.71. The Bertz CT molecular complexity index is 623.